The minimum atomic E-state index is -1.06. The van der Waals surface area contributed by atoms with E-state index in [4.69, 9.17) is 5.11 Å². The van der Waals surface area contributed by atoms with Crippen molar-refractivity contribution in [1.82, 2.24) is 10.3 Å². The van der Waals surface area contributed by atoms with E-state index in [1.807, 2.05) is 32.0 Å². The predicted octanol–water partition coefficient (Wildman–Crippen LogP) is 2.39. The van der Waals surface area contributed by atoms with Gasteiger partial charge in [0, 0.05) is 10.9 Å². The van der Waals surface area contributed by atoms with Crippen LogP contribution in [-0.4, -0.2) is 22.0 Å². The Hall–Kier alpha value is -2.21. The average molecular weight is 290 g/mol. The van der Waals surface area contributed by atoms with Gasteiger partial charge in [-0.25, -0.2) is 9.78 Å². The summed E-state index contributed by atoms with van der Waals surface area (Å²) in [6, 6.07) is 5.62. The Morgan fingerprint density at radius 2 is 1.90 bits per heavy atom. The van der Waals surface area contributed by atoms with Gasteiger partial charge in [-0.3, -0.25) is 4.79 Å². The van der Waals surface area contributed by atoms with Crippen molar-refractivity contribution in [1.29, 1.82) is 0 Å². The molecule has 2 aromatic rings. The van der Waals surface area contributed by atoms with E-state index >= 15 is 0 Å². The van der Waals surface area contributed by atoms with E-state index in [9.17, 15) is 9.59 Å². The number of aromatic carboxylic acids is 1. The van der Waals surface area contributed by atoms with Gasteiger partial charge < -0.3 is 10.4 Å². The Labute approximate surface area is 120 Å². The fourth-order valence-corrected chi connectivity index (χ4v) is 2.56. The van der Waals surface area contributed by atoms with Crippen molar-refractivity contribution in [3.8, 4) is 0 Å². The summed E-state index contributed by atoms with van der Waals surface area (Å²) in [7, 11) is 0. The standard InChI is InChI=1S/C14H14N2O3S/c1-8-3-9(2)5-10(4-8)13(17)15-6-12-16-11(7-20-12)14(18)19/h3-5,7H,6H2,1-2H3,(H,15,17)(H,18,19). The van der Waals surface area contributed by atoms with E-state index in [2.05, 4.69) is 10.3 Å². The lowest BCUT2D eigenvalue weighted by atomic mass is 10.1. The number of carbonyl (C=O) groups excluding carboxylic acids is 1. The number of amides is 1. The molecule has 0 saturated heterocycles. The van der Waals surface area contributed by atoms with Gasteiger partial charge in [-0.2, -0.15) is 0 Å². The minimum Gasteiger partial charge on any atom is -0.476 e. The van der Waals surface area contributed by atoms with Crippen LogP contribution in [0, 0.1) is 13.8 Å². The maximum atomic E-state index is 12.0. The maximum Gasteiger partial charge on any atom is 0.355 e. The quantitative estimate of drug-likeness (QED) is 0.906. The van der Waals surface area contributed by atoms with Crippen LogP contribution in [0.2, 0.25) is 0 Å². The van der Waals surface area contributed by atoms with E-state index in [0.717, 1.165) is 11.1 Å². The average Bonchev–Trinajstić information content (AvgIpc) is 2.83. The molecule has 0 aliphatic carbocycles. The first-order valence-corrected chi connectivity index (χ1v) is 6.88. The van der Waals surface area contributed by atoms with Gasteiger partial charge >= 0.3 is 5.97 Å². The summed E-state index contributed by atoms with van der Waals surface area (Å²) in [5.41, 5.74) is 2.65. The first-order chi connectivity index (χ1) is 9.45. The molecule has 6 heteroatoms. The smallest absolute Gasteiger partial charge is 0.355 e. The molecule has 0 saturated carbocycles. The van der Waals surface area contributed by atoms with Crippen LogP contribution in [-0.2, 0) is 6.54 Å². The number of aryl methyl sites for hydroxylation is 2. The van der Waals surface area contributed by atoms with Gasteiger partial charge in [0.25, 0.3) is 5.91 Å². The molecule has 0 bridgehead atoms. The number of thiazole rings is 1. The van der Waals surface area contributed by atoms with Crippen molar-refractivity contribution in [2.75, 3.05) is 0 Å². The summed E-state index contributed by atoms with van der Waals surface area (Å²) in [6.45, 7) is 4.09. The summed E-state index contributed by atoms with van der Waals surface area (Å²) in [5.74, 6) is -1.25. The highest BCUT2D eigenvalue weighted by Gasteiger charge is 2.10. The maximum absolute atomic E-state index is 12.0. The molecular formula is C14H14N2O3S. The number of carboxylic acid groups (broad SMARTS) is 1. The Balaban J connectivity index is 2.02. The van der Waals surface area contributed by atoms with Crippen molar-refractivity contribution in [3.63, 3.8) is 0 Å². The van der Waals surface area contributed by atoms with Crippen LogP contribution in [0.5, 0.6) is 0 Å². The van der Waals surface area contributed by atoms with Gasteiger partial charge in [0.1, 0.15) is 5.01 Å². The van der Waals surface area contributed by atoms with Crippen molar-refractivity contribution >= 4 is 23.2 Å². The molecule has 104 valence electrons. The van der Waals surface area contributed by atoms with Crippen molar-refractivity contribution in [2.24, 2.45) is 0 Å². The SMILES string of the molecule is Cc1cc(C)cc(C(=O)NCc2nc(C(=O)O)cs2)c1. The fraction of sp³-hybridized carbons (Fsp3) is 0.214. The summed E-state index contributed by atoms with van der Waals surface area (Å²) < 4.78 is 0. The molecule has 2 rings (SSSR count). The Morgan fingerprint density at radius 1 is 1.25 bits per heavy atom. The normalized spacial score (nSPS) is 10.3. The van der Waals surface area contributed by atoms with Gasteiger partial charge in [-0.15, -0.1) is 11.3 Å². The molecule has 0 aliphatic rings. The molecule has 0 fully saturated rings. The number of hydrogen-bond donors (Lipinski definition) is 2. The van der Waals surface area contributed by atoms with Crippen LogP contribution in [0.4, 0.5) is 0 Å². The highest BCUT2D eigenvalue weighted by Crippen LogP contribution is 2.11. The second kappa shape index (κ2) is 5.83. The molecule has 5 nitrogen and oxygen atoms in total. The lowest BCUT2D eigenvalue weighted by molar-refractivity contribution is 0.0691. The van der Waals surface area contributed by atoms with Gasteiger partial charge in [-0.05, 0) is 26.0 Å². The highest BCUT2D eigenvalue weighted by molar-refractivity contribution is 7.09. The second-order valence-electron chi connectivity index (χ2n) is 4.49. The van der Waals surface area contributed by atoms with E-state index in [1.54, 1.807) is 0 Å². The number of benzene rings is 1. The van der Waals surface area contributed by atoms with Crippen LogP contribution >= 0.6 is 11.3 Å². The van der Waals surface area contributed by atoms with E-state index in [-0.39, 0.29) is 18.1 Å². The number of carboxylic acids is 1. The van der Waals surface area contributed by atoms with Gasteiger partial charge in [0.15, 0.2) is 5.69 Å². The lowest BCUT2D eigenvalue weighted by Gasteiger charge is -2.05. The van der Waals surface area contributed by atoms with Crippen molar-refractivity contribution in [3.05, 3.63) is 51.0 Å². The van der Waals surface area contributed by atoms with E-state index in [0.29, 0.717) is 10.6 Å². The summed E-state index contributed by atoms with van der Waals surface area (Å²) >= 11 is 1.21. The van der Waals surface area contributed by atoms with Crippen molar-refractivity contribution in [2.45, 2.75) is 20.4 Å². The third kappa shape index (κ3) is 3.42. The highest BCUT2D eigenvalue weighted by atomic mass is 32.1. The number of carbonyl (C=O) groups is 2. The first kappa shape index (κ1) is 14.2. The first-order valence-electron chi connectivity index (χ1n) is 6.00. The zero-order valence-corrected chi connectivity index (χ0v) is 12.0. The van der Waals surface area contributed by atoms with Crippen LogP contribution < -0.4 is 5.32 Å². The topological polar surface area (TPSA) is 79.3 Å². The molecule has 0 unspecified atom stereocenters. The summed E-state index contributed by atoms with van der Waals surface area (Å²) in [5, 5.41) is 13.5. The number of nitrogens with one attached hydrogen (secondary N) is 1. The third-order valence-corrected chi connectivity index (χ3v) is 3.50. The van der Waals surface area contributed by atoms with Gasteiger partial charge in [-0.1, -0.05) is 17.2 Å². The zero-order valence-electron chi connectivity index (χ0n) is 11.1. The molecule has 0 radical (unpaired) electrons. The molecule has 1 aromatic carbocycles. The summed E-state index contributed by atoms with van der Waals surface area (Å²) in [6.07, 6.45) is 0. The number of rotatable bonds is 4. The summed E-state index contributed by atoms with van der Waals surface area (Å²) in [4.78, 5) is 26.6. The van der Waals surface area contributed by atoms with Crippen LogP contribution in [0.15, 0.2) is 23.6 Å². The van der Waals surface area contributed by atoms with E-state index < -0.39 is 5.97 Å². The van der Waals surface area contributed by atoms with Crippen LogP contribution in [0.1, 0.15) is 37.0 Å². The van der Waals surface area contributed by atoms with E-state index in [1.165, 1.54) is 16.7 Å². The Bertz CT molecular complexity index is 644. The minimum absolute atomic E-state index is 0.00523. The fourth-order valence-electron chi connectivity index (χ4n) is 1.85. The molecule has 2 N–H and O–H groups in total. The van der Waals surface area contributed by atoms with Crippen LogP contribution in [0.3, 0.4) is 0 Å². The monoisotopic (exact) mass is 290 g/mol. The molecule has 20 heavy (non-hydrogen) atoms. The molecule has 0 atom stereocenters. The molecule has 1 heterocycles. The molecular weight excluding hydrogens is 276 g/mol. The largest absolute Gasteiger partial charge is 0.476 e. The molecule has 1 aromatic heterocycles. The predicted molar refractivity (Wildman–Crippen MR) is 76.2 cm³/mol. The number of aromatic nitrogens is 1. The number of nitrogens with zero attached hydrogens (tertiary/aromatic N) is 1. The van der Waals surface area contributed by atoms with Gasteiger partial charge in [0.05, 0.1) is 6.54 Å². The molecule has 0 spiro atoms. The molecule has 0 aliphatic heterocycles. The van der Waals surface area contributed by atoms with Crippen molar-refractivity contribution < 1.29 is 14.7 Å². The molecule has 1 amide bonds. The second-order valence-corrected chi connectivity index (χ2v) is 5.43. The lowest BCUT2D eigenvalue weighted by Crippen LogP contribution is -2.23. The number of hydrogen-bond acceptors (Lipinski definition) is 4. The van der Waals surface area contributed by atoms with Gasteiger partial charge in [0.2, 0.25) is 0 Å². The Morgan fingerprint density at radius 3 is 2.45 bits per heavy atom. The zero-order chi connectivity index (χ0) is 14.7. The third-order valence-electron chi connectivity index (χ3n) is 2.65. The Kier molecular flexibility index (Phi) is 4.14. The van der Waals surface area contributed by atoms with Crippen LogP contribution in [0.25, 0.3) is 0 Å².